The number of anilines is 1. The summed E-state index contributed by atoms with van der Waals surface area (Å²) in [5.41, 5.74) is 6.55. The summed E-state index contributed by atoms with van der Waals surface area (Å²) in [5.74, 6) is -0.169. The maximum atomic E-state index is 12.3. The third-order valence-corrected chi connectivity index (χ3v) is 2.52. The fourth-order valence-corrected chi connectivity index (χ4v) is 1.73. The monoisotopic (exact) mass is 240 g/mol. The number of aromatic nitrogens is 2. The molecule has 1 rings (SSSR count). The van der Waals surface area contributed by atoms with E-state index < -0.39 is 0 Å². The van der Waals surface area contributed by atoms with E-state index in [-0.39, 0.29) is 12.5 Å². The lowest BCUT2D eigenvalue weighted by Gasteiger charge is -2.21. The van der Waals surface area contributed by atoms with Gasteiger partial charge in [0.15, 0.2) is 0 Å². The van der Waals surface area contributed by atoms with Gasteiger partial charge in [0.25, 0.3) is 5.91 Å². The lowest BCUT2D eigenvalue weighted by atomic mass is 10.3. The molecule has 0 radical (unpaired) electrons. The third kappa shape index (κ3) is 2.97. The van der Waals surface area contributed by atoms with Crippen molar-refractivity contribution in [3.05, 3.63) is 11.9 Å². The van der Waals surface area contributed by atoms with Gasteiger partial charge in [-0.25, -0.2) is 0 Å². The molecule has 0 spiro atoms. The minimum Gasteiger partial charge on any atom is -0.396 e. The van der Waals surface area contributed by atoms with Crippen LogP contribution < -0.4 is 5.73 Å². The number of carbonyl (C=O) groups excluding carboxylic acids is 1. The van der Waals surface area contributed by atoms with Crippen LogP contribution in [0.2, 0.25) is 0 Å². The summed E-state index contributed by atoms with van der Waals surface area (Å²) in [6, 6.07) is 0. The molecule has 0 aliphatic rings. The lowest BCUT2D eigenvalue weighted by molar-refractivity contribution is 0.0710. The van der Waals surface area contributed by atoms with Crippen LogP contribution in [0.15, 0.2) is 6.20 Å². The maximum Gasteiger partial charge on any atom is 0.274 e. The molecule has 96 valence electrons. The number of nitrogens with zero attached hydrogens (tertiary/aromatic N) is 3. The first-order valence-electron chi connectivity index (χ1n) is 5.87. The second kappa shape index (κ2) is 6.24. The van der Waals surface area contributed by atoms with Crippen LogP contribution in [-0.4, -0.2) is 45.4 Å². The molecule has 6 heteroatoms. The van der Waals surface area contributed by atoms with Gasteiger partial charge in [0.1, 0.15) is 5.69 Å². The zero-order valence-electron chi connectivity index (χ0n) is 10.4. The van der Waals surface area contributed by atoms with Crippen LogP contribution in [0.5, 0.6) is 0 Å². The molecule has 0 saturated carbocycles. The van der Waals surface area contributed by atoms with Crippen molar-refractivity contribution in [2.24, 2.45) is 0 Å². The Labute approximate surface area is 101 Å². The zero-order valence-corrected chi connectivity index (χ0v) is 10.4. The first-order chi connectivity index (χ1) is 8.15. The Morgan fingerprint density at radius 1 is 1.53 bits per heavy atom. The molecule has 0 bridgehead atoms. The SMILES string of the molecule is CCCN(CCO)C(=O)c1c(N)cnn1CC. The summed E-state index contributed by atoms with van der Waals surface area (Å²) in [6.07, 6.45) is 2.33. The van der Waals surface area contributed by atoms with E-state index in [0.29, 0.717) is 31.0 Å². The molecule has 0 atom stereocenters. The highest BCUT2D eigenvalue weighted by atomic mass is 16.3. The highest BCUT2D eigenvalue weighted by Gasteiger charge is 2.21. The Hall–Kier alpha value is -1.56. The molecule has 3 N–H and O–H groups in total. The highest BCUT2D eigenvalue weighted by Crippen LogP contribution is 2.14. The molecule has 1 aromatic heterocycles. The molecule has 1 heterocycles. The molecule has 6 nitrogen and oxygen atoms in total. The minimum absolute atomic E-state index is 0.0497. The fraction of sp³-hybridized carbons (Fsp3) is 0.636. The second-order valence-electron chi connectivity index (χ2n) is 3.78. The molecular formula is C11H20N4O2. The number of carbonyl (C=O) groups is 1. The van der Waals surface area contributed by atoms with Crippen molar-refractivity contribution in [2.45, 2.75) is 26.8 Å². The van der Waals surface area contributed by atoms with Crippen molar-refractivity contribution in [1.29, 1.82) is 0 Å². The summed E-state index contributed by atoms with van der Waals surface area (Å²) in [5, 5.41) is 13.0. The number of rotatable bonds is 6. The van der Waals surface area contributed by atoms with Crippen LogP contribution in [-0.2, 0) is 6.54 Å². The van der Waals surface area contributed by atoms with E-state index in [0.717, 1.165) is 6.42 Å². The van der Waals surface area contributed by atoms with E-state index in [9.17, 15) is 4.79 Å². The average molecular weight is 240 g/mol. The molecule has 1 aromatic rings. The molecule has 0 unspecified atom stereocenters. The van der Waals surface area contributed by atoms with Gasteiger partial charge in [-0.3, -0.25) is 9.48 Å². The number of amides is 1. The van der Waals surface area contributed by atoms with Crippen LogP contribution >= 0.6 is 0 Å². The summed E-state index contributed by atoms with van der Waals surface area (Å²) in [6.45, 7) is 5.36. The Kier molecular flexibility index (Phi) is 4.96. The van der Waals surface area contributed by atoms with E-state index in [2.05, 4.69) is 5.10 Å². The predicted octanol–water partition coefficient (Wildman–Crippen LogP) is 0.330. The molecule has 0 aliphatic carbocycles. The number of nitrogen functional groups attached to an aromatic ring is 1. The van der Waals surface area contributed by atoms with Crippen molar-refractivity contribution in [3.8, 4) is 0 Å². The van der Waals surface area contributed by atoms with Gasteiger partial charge in [0.05, 0.1) is 18.5 Å². The van der Waals surface area contributed by atoms with Gasteiger partial charge in [-0.05, 0) is 13.3 Å². The minimum atomic E-state index is -0.169. The predicted molar refractivity (Wildman–Crippen MR) is 65.6 cm³/mol. The summed E-state index contributed by atoms with van der Waals surface area (Å²) in [4.78, 5) is 13.9. The number of aliphatic hydroxyl groups excluding tert-OH is 1. The highest BCUT2D eigenvalue weighted by molar-refractivity contribution is 5.97. The lowest BCUT2D eigenvalue weighted by Crippen LogP contribution is -2.36. The summed E-state index contributed by atoms with van der Waals surface area (Å²) >= 11 is 0. The number of hydrogen-bond donors (Lipinski definition) is 2. The van der Waals surface area contributed by atoms with E-state index >= 15 is 0 Å². The quantitative estimate of drug-likeness (QED) is 0.750. The van der Waals surface area contributed by atoms with Crippen LogP contribution in [0.3, 0.4) is 0 Å². The van der Waals surface area contributed by atoms with Crippen molar-refractivity contribution >= 4 is 11.6 Å². The van der Waals surface area contributed by atoms with Crippen molar-refractivity contribution in [1.82, 2.24) is 14.7 Å². The Balaban J connectivity index is 2.95. The summed E-state index contributed by atoms with van der Waals surface area (Å²) in [7, 11) is 0. The Morgan fingerprint density at radius 2 is 2.24 bits per heavy atom. The largest absolute Gasteiger partial charge is 0.396 e. The first kappa shape index (κ1) is 13.5. The van der Waals surface area contributed by atoms with Gasteiger partial charge >= 0.3 is 0 Å². The molecule has 17 heavy (non-hydrogen) atoms. The molecule has 0 aliphatic heterocycles. The standard InChI is InChI=1S/C11H20N4O2/c1-3-5-14(6-7-16)11(17)10-9(12)8-13-15(10)4-2/h8,16H,3-7,12H2,1-2H3. The van der Waals surface area contributed by atoms with Crippen LogP contribution in [0.1, 0.15) is 30.8 Å². The van der Waals surface area contributed by atoms with E-state index in [4.69, 9.17) is 10.8 Å². The van der Waals surface area contributed by atoms with Gasteiger partial charge in [-0.15, -0.1) is 0 Å². The topological polar surface area (TPSA) is 84.4 Å². The molecular weight excluding hydrogens is 220 g/mol. The van der Waals surface area contributed by atoms with Crippen LogP contribution in [0, 0.1) is 0 Å². The first-order valence-corrected chi connectivity index (χ1v) is 5.87. The van der Waals surface area contributed by atoms with Gasteiger partial charge in [-0.2, -0.15) is 5.10 Å². The fourth-order valence-electron chi connectivity index (χ4n) is 1.73. The van der Waals surface area contributed by atoms with Crippen molar-refractivity contribution in [3.63, 3.8) is 0 Å². The second-order valence-corrected chi connectivity index (χ2v) is 3.78. The van der Waals surface area contributed by atoms with Gasteiger partial charge in [-0.1, -0.05) is 6.92 Å². The Bertz CT molecular complexity index is 370. The van der Waals surface area contributed by atoms with Gasteiger partial charge in [0, 0.05) is 19.6 Å². The number of hydrogen-bond acceptors (Lipinski definition) is 4. The van der Waals surface area contributed by atoms with E-state index in [1.807, 2.05) is 13.8 Å². The maximum absolute atomic E-state index is 12.3. The smallest absolute Gasteiger partial charge is 0.274 e. The molecule has 0 fully saturated rings. The number of nitrogens with two attached hydrogens (primary N) is 1. The number of aryl methyl sites for hydroxylation is 1. The third-order valence-electron chi connectivity index (χ3n) is 2.52. The van der Waals surface area contributed by atoms with Gasteiger partial charge < -0.3 is 15.7 Å². The molecule has 0 saturated heterocycles. The Morgan fingerprint density at radius 3 is 2.76 bits per heavy atom. The summed E-state index contributed by atoms with van der Waals surface area (Å²) < 4.78 is 1.58. The van der Waals surface area contributed by atoms with Crippen LogP contribution in [0.4, 0.5) is 5.69 Å². The van der Waals surface area contributed by atoms with Crippen LogP contribution in [0.25, 0.3) is 0 Å². The van der Waals surface area contributed by atoms with E-state index in [1.54, 1.807) is 9.58 Å². The van der Waals surface area contributed by atoms with Gasteiger partial charge in [0.2, 0.25) is 0 Å². The van der Waals surface area contributed by atoms with E-state index in [1.165, 1.54) is 6.20 Å². The normalized spacial score (nSPS) is 10.5. The molecule has 0 aromatic carbocycles. The zero-order chi connectivity index (χ0) is 12.8. The van der Waals surface area contributed by atoms with Crippen molar-refractivity contribution < 1.29 is 9.90 Å². The van der Waals surface area contributed by atoms with Crippen molar-refractivity contribution in [2.75, 3.05) is 25.4 Å². The average Bonchev–Trinajstić information content (AvgIpc) is 2.69. The number of aliphatic hydroxyl groups is 1. The molecule has 1 amide bonds.